The zero-order valence-corrected chi connectivity index (χ0v) is 35.4. The molecule has 0 aromatic heterocycles. The van der Waals surface area contributed by atoms with Crippen molar-refractivity contribution < 1.29 is 76.1 Å². The van der Waals surface area contributed by atoms with Gasteiger partial charge < -0.3 is 19.9 Å². The lowest BCUT2D eigenvalue weighted by Crippen LogP contribution is -2.32. The van der Waals surface area contributed by atoms with Crippen molar-refractivity contribution in [3.05, 3.63) is 76.6 Å². The summed E-state index contributed by atoms with van der Waals surface area (Å²) in [6, 6.07) is 13.1. The lowest BCUT2D eigenvalue weighted by molar-refractivity contribution is 0.0696. The zero-order valence-electron chi connectivity index (χ0n) is 32.1. The van der Waals surface area contributed by atoms with Gasteiger partial charge in [-0.15, -0.1) is 0 Å². The van der Waals surface area contributed by atoms with Crippen molar-refractivity contribution in [2.24, 2.45) is 0 Å². The van der Waals surface area contributed by atoms with Gasteiger partial charge in [0, 0.05) is 41.5 Å². The highest BCUT2D eigenvalue weighted by molar-refractivity contribution is 7.86. The number of hydrogen-bond donors (Lipinski definition) is 7. The molecule has 0 bridgehead atoms. The molecule has 7 N–H and O–H groups in total. The van der Waals surface area contributed by atoms with E-state index in [-0.39, 0.29) is 79.8 Å². The van der Waals surface area contributed by atoms with E-state index in [1.807, 2.05) is 4.58 Å². The Morgan fingerprint density at radius 2 is 1.17 bits per heavy atom. The standard InChI is InChI=1S/C37H46N2O17S4/c40-36(41)26-10-12-28(31(22-26)37(42)43)35-29-13-9-25(32(8-7-21-60(53,54)55)38-15-1-4-18-57(44,45)46)23-33(29)56-34-24-27(11-14-30(34)35)39(16-2-5-19-58(47,48)49)17-3-6-20-59(50,51)52/h9-14,22-24,32,38H,1-8,15-21H2,(H5-,40,41,42,43,44,45,46,47,48,49,50,51,52,53,54,55)/p+1. The van der Waals surface area contributed by atoms with Gasteiger partial charge in [-0.2, -0.15) is 33.7 Å². The second kappa shape index (κ2) is 20.5. The summed E-state index contributed by atoms with van der Waals surface area (Å²) in [5.74, 6) is -4.54. The Hall–Kier alpha value is -4.33. The van der Waals surface area contributed by atoms with Gasteiger partial charge >= 0.3 is 11.9 Å². The van der Waals surface area contributed by atoms with Gasteiger partial charge in [-0.1, -0.05) is 18.2 Å². The molecule has 1 heterocycles. The third-order valence-corrected chi connectivity index (χ3v) is 12.8. The first-order valence-electron chi connectivity index (χ1n) is 18.6. The van der Waals surface area contributed by atoms with E-state index in [2.05, 4.69) is 5.32 Å². The van der Waals surface area contributed by atoms with Crippen LogP contribution in [0.1, 0.15) is 83.7 Å². The summed E-state index contributed by atoms with van der Waals surface area (Å²) in [5.41, 5.74) is 1.09. The first-order chi connectivity index (χ1) is 27.9. The minimum absolute atomic E-state index is 0.0191. The lowest BCUT2D eigenvalue weighted by Gasteiger charge is -2.21. The predicted octanol–water partition coefficient (Wildman–Crippen LogP) is 3.68. The van der Waals surface area contributed by atoms with E-state index in [4.69, 9.17) is 8.97 Å². The molecule has 0 spiro atoms. The number of aromatic carboxylic acids is 2. The Morgan fingerprint density at radius 1 is 0.617 bits per heavy atom. The molecule has 1 unspecified atom stereocenters. The topological polar surface area (TPSA) is 320 Å². The number of benzene rings is 3. The number of carboxylic acid groups (broad SMARTS) is 2. The Balaban J connectivity index is 1.94. The summed E-state index contributed by atoms with van der Waals surface area (Å²) in [6.07, 6.45) is 1.41. The third-order valence-electron chi connectivity index (χ3n) is 9.54. The molecule has 19 nitrogen and oxygen atoms in total. The molecule has 1 atom stereocenters. The van der Waals surface area contributed by atoms with Crippen LogP contribution in [-0.2, 0) is 40.5 Å². The lowest BCUT2D eigenvalue weighted by atomic mass is 9.89. The number of fused-ring (bicyclic) bond motifs is 2. The van der Waals surface area contributed by atoms with Crippen molar-refractivity contribution in [3.8, 4) is 22.5 Å². The first kappa shape index (κ1) is 48.3. The summed E-state index contributed by atoms with van der Waals surface area (Å²) in [6.45, 7) is 0.743. The van der Waals surface area contributed by atoms with Crippen LogP contribution in [0.25, 0.3) is 33.4 Å². The van der Waals surface area contributed by atoms with Gasteiger partial charge in [0.1, 0.15) is 24.4 Å². The van der Waals surface area contributed by atoms with Gasteiger partial charge in [-0.25, -0.2) is 14.2 Å². The molecule has 0 amide bonds. The average molecular weight is 920 g/mol. The Kier molecular flexibility index (Phi) is 16.5. The van der Waals surface area contributed by atoms with Crippen LogP contribution in [0.4, 0.5) is 0 Å². The van der Waals surface area contributed by atoms with Crippen LogP contribution in [-0.4, -0.2) is 117 Å². The number of rotatable bonds is 24. The van der Waals surface area contributed by atoms with Gasteiger partial charge in [-0.3, -0.25) is 18.2 Å². The van der Waals surface area contributed by atoms with E-state index in [9.17, 15) is 67.1 Å². The molecule has 0 radical (unpaired) electrons. The predicted molar refractivity (Wildman–Crippen MR) is 221 cm³/mol. The van der Waals surface area contributed by atoms with Crippen LogP contribution in [0.3, 0.4) is 0 Å². The molecule has 2 aliphatic rings. The maximum atomic E-state index is 12.6. The molecular formula is C37H47N2O17S4+. The van der Waals surface area contributed by atoms with Crippen molar-refractivity contribution in [3.63, 3.8) is 0 Å². The minimum Gasteiger partial charge on any atom is -0.478 e. The van der Waals surface area contributed by atoms with E-state index in [0.29, 0.717) is 46.7 Å². The van der Waals surface area contributed by atoms with Crippen molar-refractivity contribution in [1.82, 2.24) is 9.89 Å². The third kappa shape index (κ3) is 15.3. The average Bonchev–Trinajstić information content (AvgIpc) is 3.13. The van der Waals surface area contributed by atoms with E-state index in [1.54, 1.807) is 36.4 Å². The quantitative estimate of drug-likeness (QED) is 0.0228. The van der Waals surface area contributed by atoms with Crippen LogP contribution >= 0.6 is 0 Å². The van der Waals surface area contributed by atoms with Crippen molar-refractivity contribution in [1.29, 1.82) is 0 Å². The fourth-order valence-corrected chi connectivity index (χ4v) is 9.00. The number of hydrogen-bond acceptors (Lipinski definition) is 12. The SMILES string of the molecule is O=C(O)c1ccc(-c2c3ccc(=[N+](CCCCS(=O)(=O)O)CCCCS(=O)(=O)O)cc-3oc3cc(C(CCCS(=O)(=O)O)NCCCCS(=O)(=O)O)ccc23)c(C(=O)O)c1. The highest BCUT2D eigenvalue weighted by atomic mass is 32.2. The molecule has 0 saturated carbocycles. The van der Waals surface area contributed by atoms with Crippen LogP contribution in [0.5, 0.6) is 0 Å². The Labute approximate surface area is 347 Å². The summed E-state index contributed by atoms with van der Waals surface area (Å²) >= 11 is 0. The van der Waals surface area contributed by atoms with Crippen LogP contribution in [0.15, 0.2) is 59.0 Å². The van der Waals surface area contributed by atoms with Crippen LogP contribution < -0.4 is 15.2 Å². The second-order valence-corrected chi connectivity index (χ2v) is 20.5. The molecule has 2 aromatic carbocycles. The fourth-order valence-electron chi connectivity index (χ4n) is 6.76. The fraction of sp³-hybridized carbons (Fsp3) is 0.432. The van der Waals surface area contributed by atoms with Crippen LogP contribution in [0.2, 0.25) is 0 Å². The number of carbonyl (C=O) groups is 2. The molecule has 0 fully saturated rings. The number of carboxylic acids is 2. The van der Waals surface area contributed by atoms with Crippen molar-refractivity contribution in [2.75, 3.05) is 42.6 Å². The number of nitrogens with zero attached hydrogens (tertiary/aromatic N) is 1. The minimum atomic E-state index is -4.31. The van der Waals surface area contributed by atoms with E-state index in [0.717, 1.165) is 6.07 Å². The largest absolute Gasteiger partial charge is 0.478 e. The molecular weight excluding hydrogens is 873 g/mol. The van der Waals surface area contributed by atoms with Gasteiger partial charge in [-0.05, 0) is 80.5 Å². The van der Waals surface area contributed by atoms with Crippen LogP contribution in [0, 0.1) is 0 Å². The maximum absolute atomic E-state index is 12.6. The first-order valence-corrected chi connectivity index (χ1v) is 25.1. The highest BCUT2D eigenvalue weighted by Crippen LogP contribution is 2.42. The molecule has 23 heteroatoms. The van der Waals surface area contributed by atoms with E-state index >= 15 is 0 Å². The smallest absolute Gasteiger partial charge is 0.336 e. The molecule has 60 heavy (non-hydrogen) atoms. The van der Waals surface area contributed by atoms with Crippen molar-refractivity contribution >= 4 is 63.4 Å². The number of unbranched alkanes of at least 4 members (excludes halogenated alkanes) is 3. The molecule has 2 aromatic rings. The highest BCUT2D eigenvalue weighted by Gasteiger charge is 2.25. The van der Waals surface area contributed by atoms with Gasteiger partial charge in [0.2, 0.25) is 5.36 Å². The molecule has 330 valence electrons. The Bertz CT molecular complexity index is 2650. The summed E-state index contributed by atoms with van der Waals surface area (Å²) < 4.78 is 136. The monoisotopic (exact) mass is 919 g/mol. The molecule has 1 aliphatic heterocycles. The van der Waals surface area contributed by atoms with E-state index < -0.39 is 81.5 Å². The summed E-state index contributed by atoms with van der Waals surface area (Å²) in [4.78, 5) is 24.5. The van der Waals surface area contributed by atoms with Gasteiger partial charge in [0.15, 0.2) is 0 Å². The summed E-state index contributed by atoms with van der Waals surface area (Å²) in [7, 11) is -17.0. The van der Waals surface area contributed by atoms with Crippen molar-refractivity contribution in [2.45, 2.75) is 57.4 Å². The molecule has 4 rings (SSSR count). The summed E-state index contributed by atoms with van der Waals surface area (Å²) in [5, 5.41) is 24.1. The maximum Gasteiger partial charge on any atom is 0.336 e. The second-order valence-electron chi connectivity index (χ2n) is 14.2. The van der Waals surface area contributed by atoms with Gasteiger partial charge in [0.25, 0.3) is 40.5 Å². The zero-order chi connectivity index (χ0) is 44.5. The Morgan fingerprint density at radius 3 is 1.72 bits per heavy atom. The van der Waals surface area contributed by atoms with Gasteiger partial charge in [0.05, 0.1) is 40.2 Å². The number of nitrogens with one attached hydrogen (secondary N) is 1. The normalized spacial score (nSPS) is 13.1. The molecule has 0 saturated heterocycles. The van der Waals surface area contributed by atoms with E-state index in [1.165, 1.54) is 12.1 Å². The molecule has 1 aliphatic carbocycles.